The molecule has 0 spiro atoms. The number of hydrogen-bond donors (Lipinski definition) is 6. The number of aromatic nitrogens is 5. The lowest BCUT2D eigenvalue weighted by molar-refractivity contribution is 0.0943. The summed E-state index contributed by atoms with van der Waals surface area (Å²) in [4.78, 5) is 69.0. The van der Waals surface area contributed by atoms with E-state index in [1.807, 2.05) is 98.5 Å². The minimum Gasteiger partial charge on any atom is -0.382 e. The molecule has 0 aliphatic rings. The normalized spacial score (nSPS) is 9.59. The number of halogens is 1. The molecule has 3 aromatic heterocycles. The number of carbonyl (C=O) groups excluding carboxylic acids is 4. The Morgan fingerprint density at radius 1 is 0.516 bits per heavy atom. The minimum absolute atomic E-state index is 0.0499. The van der Waals surface area contributed by atoms with Crippen LogP contribution >= 0.6 is 15.9 Å². The summed E-state index contributed by atoms with van der Waals surface area (Å²) in [6.07, 6.45) is 6.45. The third kappa shape index (κ3) is 15.9. The quantitative estimate of drug-likeness (QED) is 0.0754. The Morgan fingerprint density at radius 3 is 1.22 bits per heavy atom. The molecule has 0 radical (unpaired) electrons. The van der Waals surface area contributed by atoms with Crippen LogP contribution in [0, 0.1) is 0 Å². The third-order valence-corrected chi connectivity index (χ3v) is 8.49. The van der Waals surface area contributed by atoms with Crippen LogP contribution in [0.2, 0.25) is 0 Å². The summed E-state index contributed by atoms with van der Waals surface area (Å²) in [5, 5.41) is 10.7. The fraction of sp³-hybridized carbons (Fsp3) is 0.146. The fourth-order valence-corrected chi connectivity index (χ4v) is 5.36. The average Bonchev–Trinajstić information content (AvgIpc) is 3.37. The van der Waals surface area contributed by atoms with Crippen molar-refractivity contribution in [2.75, 3.05) is 31.4 Å². The number of benzene rings is 4. The zero-order valence-corrected chi connectivity index (χ0v) is 37.8. The van der Waals surface area contributed by atoms with E-state index >= 15 is 0 Å². The Labute approximate surface area is 381 Å². The van der Waals surface area contributed by atoms with E-state index in [1.165, 1.54) is 26.5 Å². The van der Waals surface area contributed by atoms with Crippen LogP contribution in [0.1, 0.15) is 66.7 Å². The molecule has 8 N–H and O–H groups in total. The second-order valence-electron chi connectivity index (χ2n) is 12.7. The molecule has 330 valence electrons. The third-order valence-electron chi connectivity index (χ3n) is 8.49. The van der Waals surface area contributed by atoms with Gasteiger partial charge in [0.05, 0.1) is 23.8 Å². The van der Waals surface area contributed by atoms with Crippen LogP contribution in [0.25, 0.3) is 22.5 Å². The van der Waals surface area contributed by atoms with E-state index in [2.05, 4.69) is 62.1 Å². The number of nitrogen functional groups attached to an aromatic ring is 2. The maximum atomic E-state index is 12.4. The Kier molecular flexibility index (Phi) is 22.0. The smallest absolute Gasteiger partial charge is 0.273 e. The highest BCUT2D eigenvalue weighted by Crippen LogP contribution is 2.21. The van der Waals surface area contributed by atoms with Gasteiger partial charge in [-0.3, -0.25) is 24.2 Å². The lowest BCUT2D eigenvalue weighted by Gasteiger charge is -2.09. The van der Waals surface area contributed by atoms with Crippen molar-refractivity contribution in [1.29, 1.82) is 0 Å². The molecule has 16 heteroatoms. The van der Waals surface area contributed by atoms with Gasteiger partial charge in [0.2, 0.25) is 0 Å². The van der Waals surface area contributed by atoms with E-state index in [4.69, 9.17) is 11.5 Å². The molecular formula is C48H52BrN11O4. The number of anilines is 2. The highest BCUT2D eigenvalue weighted by atomic mass is 79.9. The van der Waals surface area contributed by atoms with E-state index in [1.54, 1.807) is 60.9 Å². The van der Waals surface area contributed by atoms with Crippen molar-refractivity contribution in [2.24, 2.45) is 0 Å². The van der Waals surface area contributed by atoms with Crippen molar-refractivity contribution in [2.45, 2.75) is 26.9 Å². The highest BCUT2D eigenvalue weighted by Gasteiger charge is 2.16. The lowest BCUT2D eigenvalue weighted by atomic mass is 10.1. The zero-order valence-electron chi connectivity index (χ0n) is 36.2. The standard InChI is InChI=1S/2C20H19N5O2.C5H5N.C2H6.CH3Br/c2*1-22-20(27)17-18(21)23-12-16(25-17)14-8-5-9-15(10-14)19(26)24-11-13-6-3-2-4-7-13;1-2-4-6-5-3-1;2*1-2/h2*2-10,12H,11H2,1H3,(H2,21,23)(H,22,27)(H,24,26);1-5H;1-2H3;1H3. The first kappa shape index (κ1) is 50.5. The van der Waals surface area contributed by atoms with E-state index in [0.29, 0.717) is 46.7 Å². The van der Waals surface area contributed by atoms with E-state index in [9.17, 15) is 19.2 Å². The average molecular weight is 927 g/mol. The molecule has 64 heavy (non-hydrogen) atoms. The van der Waals surface area contributed by atoms with Gasteiger partial charge < -0.3 is 32.7 Å². The Bertz CT molecular complexity index is 2340. The number of nitrogens with two attached hydrogens (primary N) is 2. The lowest BCUT2D eigenvalue weighted by Crippen LogP contribution is -2.23. The molecule has 0 saturated carbocycles. The molecule has 4 aromatic carbocycles. The topological polar surface area (TPSA) is 233 Å². The van der Waals surface area contributed by atoms with Gasteiger partial charge in [0.1, 0.15) is 0 Å². The molecule has 7 aromatic rings. The summed E-state index contributed by atoms with van der Waals surface area (Å²) < 4.78 is 0. The SMILES string of the molecule is CBr.CC.CNC(=O)c1nc(-c2cccc(C(=O)NCc3ccccc3)c2)cnc1N.CNC(=O)c1nc(-c2cccc(C(=O)NCc3ccccc3)c2)cnc1N.c1ccncc1. The first-order valence-electron chi connectivity index (χ1n) is 19.9. The predicted molar refractivity (Wildman–Crippen MR) is 256 cm³/mol. The maximum Gasteiger partial charge on any atom is 0.273 e. The van der Waals surface area contributed by atoms with Crippen LogP contribution in [0.15, 0.2) is 152 Å². The molecule has 0 fully saturated rings. The number of nitrogens with one attached hydrogen (secondary N) is 4. The Balaban J connectivity index is 0.000000281. The van der Waals surface area contributed by atoms with Crippen molar-refractivity contribution in [3.8, 4) is 22.5 Å². The van der Waals surface area contributed by atoms with Gasteiger partial charge in [-0.25, -0.2) is 19.9 Å². The van der Waals surface area contributed by atoms with Crippen LogP contribution in [0.4, 0.5) is 11.6 Å². The minimum atomic E-state index is -0.418. The van der Waals surface area contributed by atoms with E-state index in [-0.39, 0.29) is 34.8 Å². The Hall–Kier alpha value is -7.85. The van der Waals surface area contributed by atoms with E-state index in [0.717, 1.165) is 11.1 Å². The van der Waals surface area contributed by atoms with Gasteiger partial charge in [-0.05, 0) is 53.4 Å². The van der Waals surface area contributed by atoms with Crippen LogP contribution in [-0.4, -0.2) is 68.5 Å². The summed E-state index contributed by atoms with van der Waals surface area (Å²) in [6, 6.07) is 39.0. The second kappa shape index (κ2) is 27.9. The van der Waals surface area contributed by atoms with Gasteiger partial charge in [-0.1, -0.05) is 121 Å². The summed E-state index contributed by atoms with van der Waals surface area (Å²) in [6.45, 7) is 4.87. The predicted octanol–water partition coefficient (Wildman–Crippen LogP) is 7.15. The van der Waals surface area contributed by atoms with Crippen molar-refractivity contribution in [1.82, 2.24) is 46.2 Å². The van der Waals surface area contributed by atoms with Gasteiger partial charge in [0.25, 0.3) is 23.6 Å². The van der Waals surface area contributed by atoms with Crippen LogP contribution in [-0.2, 0) is 13.1 Å². The van der Waals surface area contributed by atoms with Crippen LogP contribution in [0.5, 0.6) is 0 Å². The van der Waals surface area contributed by atoms with Gasteiger partial charge >= 0.3 is 0 Å². The summed E-state index contributed by atoms with van der Waals surface area (Å²) >= 11 is 2.94. The molecule has 7 rings (SSSR count). The van der Waals surface area contributed by atoms with Crippen LogP contribution < -0.4 is 32.7 Å². The summed E-state index contributed by atoms with van der Waals surface area (Å²) in [7, 11) is 2.99. The molecule has 4 amide bonds. The van der Waals surface area contributed by atoms with Crippen molar-refractivity contribution < 1.29 is 19.2 Å². The van der Waals surface area contributed by atoms with Crippen LogP contribution in [0.3, 0.4) is 0 Å². The van der Waals surface area contributed by atoms with Gasteiger partial charge in [-0.2, -0.15) is 0 Å². The Morgan fingerprint density at radius 2 is 0.891 bits per heavy atom. The molecule has 0 aliphatic carbocycles. The number of alkyl halides is 1. The monoisotopic (exact) mass is 925 g/mol. The summed E-state index contributed by atoms with van der Waals surface area (Å²) in [5.41, 5.74) is 16.8. The summed E-state index contributed by atoms with van der Waals surface area (Å²) in [5.74, 6) is 0.681. The second-order valence-corrected chi connectivity index (χ2v) is 12.7. The number of rotatable bonds is 10. The fourth-order valence-electron chi connectivity index (χ4n) is 5.36. The number of hydrogen-bond acceptors (Lipinski definition) is 11. The first-order valence-corrected chi connectivity index (χ1v) is 21.5. The maximum absolute atomic E-state index is 12.4. The van der Waals surface area contributed by atoms with Gasteiger partial charge in [-0.15, -0.1) is 0 Å². The number of carbonyl (C=O) groups is 4. The molecule has 3 heterocycles. The molecule has 0 aliphatic heterocycles. The first-order chi connectivity index (χ1) is 31.2. The zero-order chi connectivity index (χ0) is 46.7. The van der Waals surface area contributed by atoms with E-state index < -0.39 is 11.8 Å². The molecule has 15 nitrogen and oxygen atoms in total. The van der Waals surface area contributed by atoms with Crippen molar-refractivity contribution in [3.05, 3.63) is 186 Å². The molecular weight excluding hydrogens is 875 g/mol. The van der Waals surface area contributed by atoms with Crippen molar-refractivity contribution >= 4 is 51.2 Å². The van der Waals surface area contributed by atoms with Gasteiger partial charge in [0.15, 0.2) is 23.0 Å². The number of nitrogens with zero attached hydrogens (tertiary/aromatic N) is 5. The molecule has 0 bridgehead atoms. The highest BCUT2D eigenvalue weighted by molar-refractivity contribution is 9.08. The molecule has 0 atom stereocenters. The number of amides is 4. The van der Waals surface area contributed by atoms with Gasteiger partial charge in [0, 0.05) is 61.8 Å². The number of pyridine rings is 1. The largest absolute Gasteiger partial charge is 0.382 e. The molecule has 0 saturated heterocycles. The molecule has 0 unspecified atom stereocenters. The van der Waals surface area contributed by atoms with Crippen molar-refractivity contribution in [3.63, 3.8) is 0 Å².